The number of aryl methyl sites for hydroxylation is 3. The molecule has 1 saturated heterocycles. The molecule has 25 heavy (non-hydrogen) atoms. The molecule has 134 valence electrons. The van der Waals surface area contributed by atoms with E-state index in [9.17, 15) is 9.59 Å². The molecule has 3 heterocycles. The van der Waals surface area contributed by atoms with Gasteiger partial charge < -0.3 is 15.1 Å². The summed E-state index contributed by atoms with van der Waals surface area (Å²) < 4.78 is 1.71. The Morgan fingerprint density at radius 3 is 2.44 bits per heavy atom. The van der Waals surface area contributed by atoms with Crippen molar-refractivity contribution < 1.29 is 9.59 Å². The van der Waals surface area contributed by atoms with Gasteiger partial charge in [-0.05, 0) is 26.8 Å². The lowest BCUT2D eigenvalue weighted by Crippen LogP contribution is -2.53. The number of amides is 3. The summed E-state index contributed by atoms with van der Waals surface area (Å²) in [7, 11) is 1.83. The zero-order chi connectivity index (χ0) is 18.1. The van der Waals surface area contributed by atoms with Crippen LogP contribution in [0.15, 0.2) is 6.07 Å². The molecule has 0 aromatic carbocycles. The van der Waals surface area contributed by atoms with Crippen LogP contribution in [0.2, 0.25) is 0 Å². The standard InChI is InChI=1S/C17H24N6O2/c1-5-18-17(25)23-8-6-22(7-9-23)16(24)13-10-11(2)19-15-14(13)12(3)20-21(15)4/h10H,5-9H2,1-4H3,(H,18,25). The Balaban J connectivity index is 1.83. The first-order chi connectivity index (χ1) is 11.9. The average molecular weight is 344 g/mol. The maximum Gasteiger partial charge on any atom is 0.317 e. The van der Waals surface area contributed by atoms with Crippen LogP contribution in [0.1, 0.15) is 28.7 Å². The molecule has 1 N–H and O–H groups in total. The molecule has 2 aromatic rings. The van der Waals surface area contributed by atoms with Crippen molar-refractivity contribution >= 4 is 23.0 Å². The molecule has 0 atom stereocenters. The fourth-order valence-corrected chi connectivity index (χ4v) is 3.28. The first kappa shape index (κ1) is 17.2. The molecule has 0 spiro atoms. The molecule has 8 heteroatoms. The molecule has 3 amide bonds. The van der Waals surface area contributed by atoms with Crippen molar-refractivity contribution in [1.29, 1.82) is 0 Å². The quantitative estimate of drug-likeness (QED) is 0.883. The van der Waals surface area contributed by atoms with E-state index in [-0.39, 0.29) is 11.9 Å². The zero-order valence-corrected chi connectivity index (χ0v) is 15.2. The van der Waals surface area contributed by atoms with E-state index in [1.165, 1.54) is 0 Å². The summed E-state index contributed by atoms with van der Waals surface area (Å²) in [6, 6.07) is 1.76. The van der Waals surface area contributed by atoms with E-state index in [0.717, 1.165) is 22.4 Å². The largest absolute Gasteiger partial charge is 0.338 e. The number of urea groups is 1. The highest BCUT2D eigenvalue weighted by atomic mass is 16.2. The third kappa shape index (κ3) is 3.16. The van der Waals surface area contributed by atoms with Gasteiger partial charge in [0.05, 0.1) is 16.6 Å². The smallest absolute Gasteiger partial charge is 0.317 e. The molecule has 0 aliphatic carbocycles. The van der Waals surface area contributed by atoms with Crippen LogP contribution in [-0.2, 0) is 7.05 Å². The van der Waals surface area contributed by atoms with E-state index in [2.05, 4.69) is 15.4 Å². The number of rotatable bonds is 2. The fourth-order valence-electron chi connectivity index (χ4n) is 3.28. The summed E-state index contributed by atoms with van der Waals surface area (Å²) in [5.41, 5.74) is 2.95. The molecular weight excluding hydrogens is 320 g/mol. The number of nitrogens with one attached hydrogen (secondary N) is 1. The zero-order valence-electron chi connectivity index (χ0n) is 15.2. The molecule has 0 saturated carbocycles. The summed E-state index contributed by atoms with van der Waals surface area (Å²) >= 11 is 0. The van der Waals surface area contributed by atoms with Gasteiger partial charge in [0, 0.05) is 45.5 Å². The predicted octanol–water partition coefficient (Wildman–Crippen LogP) is 1.07. The van der Waals surface area contributed by atoms with Gasteiger partial charge in [0.25, 0.3) is 5.91 Å². The minimum absolute atomic E-state index is 0.0258. The van der Waals surface area contributed by atoms with Crippen molar-refractivity contribution in [3.05, 3.63) is 23.0 Å². The summed E-state index contributed by atoms with van der Waals surface area (Å²) in [6.07, 6.45) is 0. The van der Waals surface area contributed by atoms with Gasteiger partial charge in [0.2, 0.25) is 0 Å². The molecule has 0 bridgehead atoms. The van der Waals surface area contributed by atoms with E-state index in [4.69, 9.17) is 0 Å². The van der Waals surface area contributed by atoms with E-state index in [0.29, 0.717) is 38.3 Å². The van der Waals surface area contributed by atoms with E-state index in [1.807, 2.05) is 33.9 Å². The lowest BCUT2D eigenvalue weighted by Gasteiger charge is -2.34. The van der Waals surface area contributed by atoms with Gasteiger partial charge in [-0.3, -0.25) is 9.48 Å². The third-order valence-electron chi connectivity index (χ3n) is 4.51. The summed E-state index contributed by atoms with van der Waals surface area (Å²) in [4.78, 5) is 33.0. The van der Waals surface area contributed by atoms with Gasteiger partial charge >= 0.3 is 6.03 Å². The van der Waals surface area contributed by atoms with Crippen LogP contribution >= 0.6 is 0 Å². The highest BCUT2D eigenvalue weighted by Crippen LogP contribution is 2.23. The molecule has 1 aliphatic heterocycles. The number of carbonyl (C=O) groups excluding carboxylic acids is 2. The summed E-state index contributed by atoms with van der Waals surface area (Å²) in [5, 5.41) is 8.00. The van der Waals surface area contributed by atoms with E-state index >= 15 is 0 Å². The lowest BCUT2D eigenvalue weighted by atomic mass is 10.1. The Hall–Kier alpha value is -2.64. The molecule has 2 aromatic heterocycles. The topological polar surface area (TPSA) is 83.4 Å². The van der Waals surface area contributed by atoms with Gasteiger partial charge in [0.15, 0.2) is 5.65 Å². The number of fused-ring (bicyclic) bond motifs is 1. The van der Waals surface area contributed by atoms with Crippen molar-refractivity contribution in [2.24, 2.45) is 7.05 Å². The van der Waals surface area contributed by atoms with Crippen LogP contribution in [0.5, 0.6) is 0 Å². The number of aromatic nitrogens is 3. The lowest BCUT2D eigenvalue weighted by molar-refractivity contribution is 0.0667. The Morgan fingerprint density at radius 2 is 1.80 bits per heavy atom. The Labute approximate surface area is 146 Å². The monoisotopic (exact) mass is 344 g/mol. The molecule has 0 unspecified atom stereocenters. The van der Waals surface area contributed by atoms with Crippen molar-refractivity contribution in [3.63, 3.8) is 0 Å². The van der Waals surface area contributed by atoms with Crippen LogP contribution in [0.25, 0.3) is 11.0 Å². The molecule has 3 rings (SSSR count). The van der Waals surface area contributed by atoms with E-state index in [1.54, 1.807) is 14.5 Å². The van der Waals surface area contributed by atoms with Gasteiger partial charge in [-0.2, -0.15) is 5.10 Å². The molecule has 0 radical (unpaired) electrons. The number of hydrogen-bond acceptors (Lipinski definition) is 4. The first-order valence-corrected chi connectivity index (χ1v) is 8.55. The summed E-state index contributed by atoms with van der Waals surface area (Å²) in [5.74, 6) is -0.0258. The van der Waals surface area contributed by atoms with Crippen LogP contribution in [0.3, 0.4) is 0 Å². The Bertz CT molecular complexity index is 820. The minimum Gasteiger partial charge on any atom is -0.338 e. The SMILES string of the molecule is CCNC(=O)N1CCN(C(=O)c2cc(C)nc3c2c(C)nn3C)CC1. The van der Waals surface area contributed by atoms with Crippen molar-refractivity contribution in [1.82, 2.24) is 29.9 Å². The highest BCUT2D eigenvalue weighted by molar-refractivity contribution is 6.06. The molecule has 1 fully saturated rings. The van der Waals surface area contributed by atoms with Crippen LogP contribution in [0.4, 0.5) is 4.79 Å². The van der Waals surface area contributed by atoms with Crippen molar-refractivity contribution in [3.8, 4) is 0 Å². The van der Waals surface area contributed by atoms with Gasteiger partial charge in [-0.15, -0.1) is 0 Å². The molecule has 8 nitrogen and oxygen atoms in total. The maximum absolute atomic E-state index is 13.1. The first-order valence-electron chi connectivity index (χ1n) is 8.55. The van der Waals surface area contributed by atoms with E-state index < -0.39 is 0 Å². The highest BCUT2D eigenvalue weighted by Gasteiger charge is 2.27. The Kier molecular flexibility index (Phi) is 4.61. The predicted molar refractivity (Wildman–Crippen MR) is 94.5 cm³/mol. The second-order valence-corrected chi connectivity index (χ2v) is 6.33. The number of nitrogens with zero attached hydrogens (tertiary/aromatic N) is 5. The average Bonchev–Trinajstić information content (AvgIpc) is 2.88. The van der Waals surface area contributed by atoms with Crippen molar-refractivity contribution in [2.45, 2.75) is 20.8 Å². The second kappa shape index (κ2) is 6.70. The fraction of sp³-hybridized carbons (Fsp3) is 0.529. The maximum atomic E-state index is 13.1. The van der Waals surface area contributed by atoms with Crippen molar-refractivity contribution in [2.75, 3.05) is 32.7 Å². The number of piperazine rings is 1. The van der Waals surface area contributed by atoms with Gasteiger partial charge in [-0.25, -0.2) is 9.78 Å². The number of hydrogen-bond donors (Lipinski definition) is 1. The van der Waals surface area contributed by atoms with Gasteiger partial charge in [0.1, 0.15) is 0 Å². The van der Waals surface area contributed by atoms with Crippen LogP contribution in [-0.4, -0.2) is 69.2 Å². The molecule has 1 aliphatic rings. The number of pyridine rings is 1. The second-order valence-electron chi connectivity index (χ2n) is 6.33. The number of carbonyl (C=O) groups is 2. The Morgan fingerprint density at radius 1 is 1.16 bits per heavy atom. The normalized spacial score (nSPS) is 14.9. The van der Waals surface area contributed by atoms with Gasteiger partial charge in [-0.1, -0.05) is 0 Å². The van der Waals surface area contributed by atoms with Crippen LogP contribution in [0, 0.1) is 13.8 Å². The third-order valence-corrected chi connectivity index (χ3v) is 4.51. The van der Waals surface area contributed by atoms with Crippen LogP contribution < -0.4 is 5.32 Å². The summed E-state index contributed by atoms with van der Waals surface area (Å²) in [6.45, 7) is 8.40. The minimum atomic E-state index is -0.0696. The molecular formula is C17H24N6O2.